The van der Waals surface area contributed by atoms with Gasteiger partial charge < -0.3 is 4.57 Å². The fourth-order valence-corrected chi connectivity index (χ4v) is 1.69. The first kappa shape index (κ1) is 9.00. The second-order valence-corrected chi connectivity index (χ2v) is 3.53. The minimum Gasteiger partial charge on any atom is -0.338 e. The Bertz CT molecular complexity index is 403. The van der Waals surface area contributed by atoms with E-state index < -0.39 is 0 Å². The van der Waals surface area contributed by atoms with Crippen LogP contribution in [-0.2, 0) is 7.05 Å². The fraction of sp³-hybridized carbons (Fsp3) is 0.250. The Labute approximate surface area is 84.2 Å². The number of hydrogen-bond donors (Lipinski definition) is 0. The molecule has 0 saturated carbocycles. The van der Waals surface area contributed by atoms with Gasteiger partial charge in [0.1, 0.15) is 5.82 Å². The lowest BCUT2D eigenvalue weighted by Crippen LogP contribution is -2.03. The Balaban J connectivity index is 2.34. The van der Waals surface area contributed by atoms with E-state index in [9.17, 15) is 0 Å². The fourth-order valence-electron chi connectivity index (χ4n) is 1.69. The molecule has 2 nitrogen and oxygen atoms in total. The van der Waals surface area contributed by atoms with Gasteiger partial charge in [0, 0.05) is 25.4 Å². The molecule has 0 N–H and O–H groups in total. The van der Waals surface area contributed by atoms with Gasteiger partial charge in [-0.15, -0.1) is 0 Å². The van der Waals surface area contributed by atoms with Crippen molar-refractivity contribution in [3.05, 3.63) is 54.1 Å². The van der Waals surface area contributed by atoms with Crippen LogP contribution in [0.3, 0.4) is 0 Å². The van der Waals surface area contributed by atoms with Crippen molar-refractivity contribution >= 4 is 0 Å². The monoisotopic (exact) mass is 186 g/mol. The topological polar surface area (TPSA) is 17.8 Å². The molecule has 1 heterocycles. The first-order valence-electron chi connectivity index (χ1n) is 4.81. The maximum atomic E-state index is 4.36. The minimum atomic E-state index is 0.358. The molecule has 2 heteroatoms. The molecule has 0 aliphatic carbocycles. The van der Waals surface area contributed by atoms with Crippen molar-refractivity contribution in [1.82, 2.24) is 9.55 Å². The average Bonchev–Trinajstić information content (AvgIpc) is 2.65. The van der Waals surface area contributed by atoms with Gasteiger partial charge in [0.25, 0.3) is 0 Å². The quantitative estimate of drug-likeness (QED) is 0.704. The Morgan fingerprint density at radius 2 is 1.93 bits per heavy atom. The number of aryl methyl sites for hydroxylation is 1. The van der Waals surface area contributed by atoms with Gasteiger partial charge in [0.2, 0.25) is 0 Å². The SMILES string of the molecule is CC(c1ccccc1)c1nccn1C. The molecule has 2 aromatic rings. The molecule has 0 saturated heterocycles. The zero-order chi connectivity index (χ0) is 9.97. The van der Waals surface area contributed by atoms with E-state index in [0.717, 1.165) is 5.82 Å². The van der Waals surface area contributed by atoms with Crippen molar-refractivity contribution in [2.75, 3.05) is 0 Å². The van der Waals surface area contributed by atoms with E-state index in [1.54, 1.807) is 0 Å². The molecule has 14 heavy (non-hydrogen) atoms. The summed E-state index contributed by atoms with van der Waals surface area (Å²) in [6.45, 7) is 2.18. The van der Waals surface area contributed by atoms with Crippen molar-refractivity contribution in [1.29, 1.82) is 0 Å². The summed E-state index contributed by atoms with van der Waals surface area (Å²) in [6.07, 6.45) is 3.82. The van der Waals surface area contributed by atoms with Crippen molar-refractivity contribution in [2.24, 2.45) is 7.05 Å². The molecule has 0 spiro atoms. The molecule has 0 fully saturated rings. The Morgan fingerprint density at radius 3 is 2.50 bits per heavy atom. The van der Waals surface area contributed by atoms with Gasteiger partial charge in [0.05, 0.1) is 0 Å². The molecule has 1 aromatic carbocycles. The van der Waals surface area contributed by atoms with Gasteiger partial charge in [-0.25, -0.2) is 4.98 Å². The lowest BCUT2D eigenvalue weighted by molar-refractivity contribution is 0.739. The largest absolute Gasteiger partial charge is 0.338 e. The van der Waals surface area contributed by atoms with E-state index >= 15 is 0 Å². The smallest absolute Gasteiger partial charge is 0.115 e. The molecule has 72 valence electrons. The lowest BCUT2D eigenvalue weighted by Gasteiger charge is -2.11. The molecule has 2 rings (SSSR count). The summed E-state index contributed by atoms with van der Waals surface area (Å²) < 4.78 is 2.07. The highest BCUT2D eigenvalue weighted by atomic mass is 15.0. The van der Waals surface area contributed by atoms with Crippen LogP contribution in [-0.4, -0.2) is 9.55 Å². The van der Waals surface area contributed by atoms with Crippen molar-refractivity contribution in [2.45, 2.75) is 12.8 Å². The highest BCUT2D eigenvalue weighted by Crippen LogP contribution is 2.21. The van der Waals surface area contributed by atoms with Gasteiger partial charge in [0.15, 0.2) is 0 Å². The Hall–Kier alpha value is -1.57. The summed E-state index contributed by atoms with van der Waals surface area (Å²) in [4.78, 5) is 4.36. The molecule has 0 radical (unpaired) electrons. The first-order chi connectivity index (χ1) is 6.79. The van der Waals surface area contributed by atoms with E-state index in [0.29, 0.717) is 5.92 Å². The van der Waals surface area contributed by atoms with Gasteiger partial charge in [-0.2, -0.15) is 0 Å². The van der Waals surface area contributed by atoms with Gasteiger partial charge in [-0.05, 0) is 5.56 Å². The number of nitrogens with zero attached hydrogens (tertiary/aromatic N) is 2. The van der Waals surface area contributed by atoms with Crippen LogP contribution < -0.4 is 0 Å². The molecule has 1 unspecified atom stereocenters. The van der Waals surface area contributed by atoms with Crippen LogP contribution in [0.4, 0.5) is 0 Å². The van der Waals surface area contributed by atoms with Crippen molar-refractivity contribution in [3.63, 3.8) is 0 Å². The number of rotatable bonds is 2. The van der Waals surface area contributed by atoms with Crippen LogP contribution in [0, 0.1) is 0 Å². The van der Waals surface area contributed by atoms with Crippen LogP contribution >= 0.6 is 0 Å². The van der Waals surface area contributed by atoms with Gasteiger partial charge >= 0.3 is 0 Å². The van der Waals surface area contributed by atoms with E-state index in [-0.39, 0.29) is 0 Å². The summed E-state index contributed by atoms with van der Waals surface area (Å²) in [5.74, 6) is 1.47. The molecule has 0 bridgehead atoms. The Morgan fingerprint density at radius 1 is 1.21 bits per heavy atom. The lowest BCUT2D eigenvalue weighted by atomic mass is 10.0. The predicted octanol–water partition coefficient (Wildman–Crippen LogP) is 2.57. The highest BCUT2D eigenvalue weighted by molar-refractivity contribution is 5.24. The van der Waals surface area contributed by atoms with Crippen LogP contribution in [0.2, 0.25) is 0 Å². The molecule has 1 aromatic heterocycles. The minimum absolute atomic E-state index is 0.358. The number of benzene rings is 1. The second kappa shape index (κ2) is 3.66. The summed E-state index contributed by atoms with van der Waals surface area (Å²) in [5.41, 5.74) is 1.31. The third kappa shape index (κ3) is 1.55. The molecule has 0 aliphatic rings. The van der Waals surface area contributed by atoms with Crippen molar-refractivity contribution < 1.29 is 0 Å². The zero-order valence-electron chi connectivity index (χ0n) is 8.51. The van der Waals surface area contributed by atoms with Crippen molar-refractivity contribution in [3.8, 4) is 0 Å². The zero-order valence-corrected chi connectivity index (χ0v) is 8.51. The number of aromatic nitrogens is 2. The summed E-state index contributed by atoms with van der Waals surface area (Å²) in [5, 5.41) is 0. The normalized spacial score (nSPS) is 12.7. The molecule has 0 amide bonds. The molecular formula is C12H14N2. The van der Waals surface area contributed by atoms with Crippen LogP contribution in [0.1, 0.15) is 24.2 Å². The summed E-state index contributed by atoms with van der Waals surface area (Å²) in [6, 6.07) is 10.4. The Kier molecular flexibility index (Phi) is 2.35. The highest BCUT2D eigenvalue weighted by Gasteiger charge is 2.11. The average molecular weight is 186 g/mol. The summed E-state index contributed by atoms with van der Waals surface area (Å²) in [7, 11) is 2.03. The van der Waals surface area contributed by atoms with E-state index in [4.69, 9.17) is 0 Å². The molecule has 0 aliphatic heterocycles. The van der Waals surface area contributed by atoms with E-state index in [2.05, 4.69) is 40.7 Å². The second-order valence-electron chi connectivity index (χ2n) is 3.53. The van der Waals surface area contributed by atoms with E-state index in [1.165, 1.54) is 5.56 Å². The van der Waals surface area contributed by atoms with Gasteiger partial charge in [-0.3, -0.25) is 0 Å². The molecular weight excluding hydrogens is 172 g/mol. The molecule has 1 atom stereocenters. The third-order valence-corrected chi connectivity index (χ3v) is 2.55. The standard InChI is InChI=1S/C12H14N2/c1-10(11-6-4-3-5-7-11)12-13-8-9-14(12)2/h3-10H,1-2H3. The van der Waals surface area contributed by atoms with Crippen LogP contribution in [0.5, 0.6) is 0 Å². The predicted molar refractivity (Wildman–Crippen MR) is 57.2 cm³/mol. The summed E-state index contributed by atoms with van der Waals surface area (Å²) >= 11 is 0. The number of hydrogen-bond acceptors (Lipinski definition) is 1. The maximum Gasteiger partial charge on any atom is 0.115 e. The third-order valence-electron chi connectivity index (χ3n) is 2.55. The van der Waals surface area contributed by atoms with Gasteiger partial charge in [-0.1, -0.05) is 37.3 Å². The number of imidazole rings is 1. The van der Waals surface area contributed by atoms with Crippen LogP contribution in [0.15, 0.2) is 42.7 Å². The first-order valence-corrected chi connectivity index (χ1v) is 4.81. The van der Waals surface area contributed by atoms with Crippen LogP contribution in [0.25, 0.3) is 0 Å². The van der Waals surface area contributed by atoms with E-state index in [1.807, 2.05) is 25.5 Å². The maximum absolute atomic E-state index is 4.36.